The number of aromatic hydroxyl groups is 4. The second kappa shape index (κ2) is 7.31. The van der Waals surface area contributed by atoms with Crippen molar-refractivity contribution >= 4 is 25.1 Å². The number of H-pyrrole nitrogens is 3. The summed E-state index contributed by atoms with van der Waals surface area (Å²) < 4.78 is 0. The van der Waals surface area contributed by atoms with Crippen LogP contribution in [-0.4, -0.2) is 53.3 Å². The summed E-state index contributed by atoms with van der Waals surface area (Å²) in [5.74, 6) is -3.92. The number of aliphatic hydroxyl groups is 1. The molecule has 0 saturated heterocycles. The molecule has 11 nitrogen and oxygen atoms in total. The average Bonchev–Trinajstić information content (AvgIpc) is 3.20. The zero-order valence-electron chi connectivity index (χ0n) is 17.2. The third-order valence-corrected chi connectivity index (χ3v) is 4.78. The minimum atomic E-state index is -0.982. The van der Waals surface area contributed by atoms with E-state index in [-0.39, 0.29) is 22.1 Å². The van der Waals surface area contributed by atoms with Crippen molar-refractivity contribution < 1.29 is 25.5 Å². The molecule has 0 aliphatic heterocycles. The van der Waals surface area contributed by atoms with E-state index < -0.39 is 50.6 Å². The quantitative estimate of drug-likeness (QED) is 0.127. The fourth-order valence-electron chi connectivity index (χ4n) is 3.07. The molecule has 8 N–H and O–H groups in total. The van der Waals surface area contributed by atoms with Gasteiger partial charge in [-0.25, -0.2) is 4.98 Å². The predicted octanol–water partition coefficient (Wildman–Crippen LogP) is -2.29. The van der Waals surface area contributed by atoms with Crippen molar-refractivity contribution in [1.82, 2.24) is 19.9 Å². The standard InChI is InChI=1S/C19H21BN4O7/c1-19(2,3)16-9(21-5-22-16)13(27)10-18(31)23-7(17(30)24-10)4-6-8(20)12(26)15(29)14(28)11(6)25/h4-5,25-29H,20H2,1-3H3,(H,21,22)(H,23,31)(H,24,30)/b7-4-,13-10+. The number of aromatic amines is 3. The van der Waals surface area contributed by atoms with Gasteiger partial charge in [-0.15, -0.1) is 0 Å². The van der Waals surface area contributed by atoms with Gasteiger partial charge in [-0.3, -0.25) is 9.59 Å². The molecule has 162 valence electrons. The topological polar surface area (TPSA) is 196 Å². The van der Waals surface area contributed by atoms with Crippen molar-refractivity contribution in [3.63, 3.8) is 0 Å². The number of phenolic OH excluding ortho intramolecular Hbond substituents is 4. The number of rotatable bonds is 2. The van der Waals surface area contributed by atoms with Crippen molar-refractivity contribution in [2.24, 2.45) is 0 Å². The molecule has 0 unspecified atom stereocenters. The zero-order chi connectivity index (χ0) is 23.2. The molecule has 0 spiro atoms. The summed E-state index contributed by atoms with van der Waals surface area (Å²) in [5, 5.41) is 49.1. The highest BCUT2D eigenvalue weighted by Crippen LogP contribution is 2.42. The third kappa shape index (κ3) is 3.63. The van der Waals surface area contributed by atoms with Crippen LogP contribution in [0.5, 0.6) is 23.0 Å². The van der Waals surface area contributed by atoms with Crippen LogP contribution in [-0.2, 0) is 5.41 Å². The molecular weight excluding hydrogens is 407 g/mol. The second-order valence-corrected chi connectivity index (χ2v) is 8.00. The Morgan fingerprint density at radius 1 is 1.00 bits per heavy atom. The van der Waals surface area contributed by atoms with E-state index in [1.165, 1.54) is 14.2 Å². The molecule has 31 heavy (non-hydrogen) atoms. The Labute approximate surface area is 175 Å². The van der Waals surface area contributed by atoms with Crippen molar-refractivity contribution in [3.8, 4) is 23.0 Å². The first-order valence-corrected chi connectivity index (χ1v) is 9.12. The highest BCUT2D eigenvalue weighted by atomic mass is 16.3. The number of imidazole rings is 1. The lowest BCUT2D eigenvalue weighted by Crippen LogP contribution is -2.48. The van der Waals surface area contributed by atoms with Gasteiger partial charge in [-0.05, 0) is 11.5 Å². The molecule has 12 heteroatoms. The molecule has 0 fully saturated rings. The molecule has 2 aromatic heterocycles. The lowest BCUT2D eigenvalue weighted by molar-refractivity contribution is 0.347. The number of aromatic nitrogens is 4. The first-order valence-electron chi connectivity index (χ1n) is 9.12. The van der Waals surface area contributed by atoms with Crippen LogP contribution in [0.1, 0.15) is 37.7 Å². The fraction of sp³-hybridized carbons (Fsp3) is 0.211. The highest BCUT2D eigenvalue weighted by Gasteiger charge is 2.23. The molecule has 0 saturated carbocycles. The van der Waals surface area contributed by atoms with Gasteiger partial charge in [0.05, 0.1) is 12.0 Å². The number of aliphatic hydroxyl groups excluding tert-OH is 1. The van der Waals surface area contributed by atoms with Gasteiger partial charge in [-0.1, -0.05) is 20.8 Å². The molecule has 0 bridgehead atoms. The van der Waals surface area contributed by atoms with Crippen LogP contribution in [0.3, 0.4) is 0 Å². The fourth-order valence-corrected chi connectivity index (χ4v) is 3.07. The van der Waals surface area contributed by atoms with Crippen LogP contribution >= 0.6 is 0 Å². The van der Waals surface area contributed by atoms with Crippen LogP contribution in [0, 0.1) is 0 Å². The summed E-state index contributed by atoms with van der Waals surface area (Å²) in [6.07, 6.45) is 2.37. The van der Waals surface area contributed by atoms with Crippen LogP contribution in [0.25, 0.3) is 11.8 Å². The Kier molecular flexibility index (Phi) is 5.10. The van der Waals surface area contributed by atoms with Crippen molar-refractivity contribution in [1.29, 1.82) is 0 Å². The van der Waals surface area contributed by atoms with Crippen molar-refractivity contribution in [2.75, 3.05) is 0 Å². The minimum Gasteiger partial charge on any atom is -0.505 e. The van der Waals surface area contributed by atoms with Gasteiger partial charge < -0.3 is 40.5 Å². The average molecular weight is 428 g/mol. The van der Waals surface area contributed by atoms with Crippen LogP contribution in [0.15, 0.2) is 15.9 Å². The minimum absolute atomic E-state index is 0.0436. The van der Waals surface area contributed by atoms with Crippen molar-refractivity contribution in [3.05, 3.63) is 54.7 Å². The van der Waals surface area contributed by atoms with E-state index in [0.29, 0.717) is 5.69 Å². The van der Waals surface area contributed by atoms with Crippen LogP contribution in [0.2, 0.25) is 0 Å². The molecule has 0 atom stereocenters. The summed E-state index contributed by atoms with van der Waals surface area (Å²) in [5.41, 5.74) is -1.70. The third-order valence-electron chi connectivity index (χ3n) is 4.78. The van der Waals surface area contributed by atoms with Gasteiger partial charge in [0.25, 0.3) is 11.1 Å². The van der Waals surface area contributed by atoms with Gasteiger partial charge in [0.15, 0.2) is 22.6 Å². The molecular formula is C19H21BN4O7. The summed E-state index contributed by atoms with van der Waals surface area (Å²) in [7, 11) is 1.33. The van der Waals surface area contributed by atoms with E-state index in [4.69, 9.17) is 0 Å². The van der Waals surface area contributed by atoms with Gasteiger partial charge in [0.2, 0.25) is 11.5 Å². The van der Waals surface area contributed by atoms with E-state index in [9.17, 15) is 35.1 Å². The first kappa shape index (κ1) is 21.6. The summed E-state index contributed by atoms with van der Waals surface area (Å²) in [4.78, 5) is 36.6. The van der Waals surface area contributed by atoms with Crippen LogP contribution < -0.4 is 27.3 Å². The van der Waals surface area contributed by atoms with Gasteiger partial charge >= 0.3 is 0 Å². The Hall–Kier alpha value is -4.09. The second-order valence-electron chi connectivity index (χ2n) is 8.00. The summed E-state index contributed by atoms with van der Waals surface area (Å²) >= 11 is 0. The smallest absolute Gasteiger partial charge is 0.276 e. The molecule has 3 rings (SSSR count). The summed E-state index contributed by atoms with van der Waals surface area (Å²) in [6.45, 7) is 5.62. The Morgan fingerprint density at radius 3 is 2.23 bits per heavy atom. The van der Waals surface area contributed by atoms with Crippen molar-refractivity contribution in [2.45, 2.75) is 26.2 Å². The van der Waals surface area contributed by atoms with Gasteiger partial charge in [0.1, 0.15) is 18.9 Å². The maximum Gasteiger partial charge on any atom is 0.276 e. The SMILES string of the molecule is Bc1c(O)c(O)c(O)c(O)c1/C=c1\[nH]c(=O)/c(=C(\O)c2nc[nH]c2C(C)(C)C)[nH]c1=O. The van der Waals surface area contributed by atoms with Crippen LogP contribution in [0.4, 0.5) is 0 Å². The lowest BCUT2D eigenvalue weighted by atomic mass is 9.87. The number of hydrogen-bond acceptors (Lipinski definition) is 8. The number of nitrogens with one attached hydrogen (secondary N) is 3. The Bertz CT molecular complexity index is 1400. The first-order chi connectivity index (χ1) is 14.3. The van der Waals surface area contributed by atoms with E-state index in [1.54, 1.807) is 0 Å². The molecule has 0 amide bonds. The molecule has 0 radical (unpaired) electrons. The normalized spacial score (nSPS) is 13.5. The largest absolute Gasteiger partial charge is 0.505 e. The van der Waals surface area contributed by atoms with Gasteiger partial charge in [0, 0.05) is 11.0 Å². The highest BCUT2D eigenvalue weighted by molar-refractivity contribution is 6.37. The Balaban J connectivity index is 2.30. The van der Waals surface area contributed by atoms with E-state index in [0.717, 1.165) is 6.08 Å². The number of hydrogen-bond donors (Lipinski definition) is 8. The molecule has 0 aliphatic rings. The number of phenols is 4. The maximum absolute atomic E-state index is 12.6. The van der Waals surface area contributed by atoms with Gasteiger partial charge in [-0.2, -0.15) is 0 Å². The van der Waals surface area contributed by atoms with E-state index >= 15 is 0 Å². The Morgan fingerprint density at radius 2 is 1.61 bits per heavy atom. The summed E-state index contributed by atoms with van der Waals surface area (Å²) in [6, 6.07) is 0. The molecule has 0 aliphatic carbocycles. The molecule has 2 heterocycles. The lowest BCUT2D eigenvalue weighted by Gasteiger charge is -2.17. The zero-order valence-corrected chi connectivity index (χ0v) is 17.2. The molecule has 1 aromatic carbocycles. The maximum atomic E-state index is 12.6. The number of nitrogens with zero attached hydrogens (tertiary/aromatic N) is 1. The van der Waals surface area contributed by atoms with E-state index in [1.807, 2.05) is 20.8 Å². The van der Waals surface area contributed by atoms with E-state index in [2.05, 4.69) is 19.9 Å². The number of benzene rings is 1. The molecule has 3 aromatic rings. The monoisotopic (exact) mass is 428 g/mol. The predicted molar refractivity (Wildman–Crippen MR) is 114 cm³/mol.